The Balaban J connectivity index is 1.27. The van der Waals surface area contributed by atoms with E-state index in [1.807, 2.05) is 18.3 Å². The van der Waals surface area contributed by atoms with Gasteiger partial charge in [-0.2, -0.15) is 0 Å². The summed E-state index contributed by atoms with van der Waals surface area (Å²) in [6.45, 7) is 12.9. The van der Waals surface area contributed by atoms with E-state index < -0.39 is 0 Å². The number of aromatic nitrogens is 1. The second-order valence-corrected chi connectivity index (χ2v) is 9.80. The Bertz CT molecular complexity index is 663. The third-order valence-corrected chi connectivity index (χ3v) is 7.24. The molecule has 0 aromatic carbocycles. The Kier molecular flexibility index (Phi) is 4.07. The number of hydrogen-bond donors (Lipinski definition) is 1. The molecular weight excluding hydrogens is 324 g/mol. The number of rotatable bonds is 4. The second kappa shape index (κ2) is 5.95. The molecule has 3 saturated carbocycles. The van der Waals surface area contributed by atoms with Gasteiger partial charge in [0, 0.05) is 39.8 Å². The van der Waals surface area contributed by atoms with E-state index in [0.717, 1.165) is 31.9 Å². The number of hydrogen-bond acceptors (Lipinski definition) is 4. The highest BCUT2D eigenvalue weighted by Crippen LogP contribution is 2.79. The summed E-state index contributed by atoms with van der Waals surface area (Å²) in [6.07, 6.45) is 6.15. The first kappa shape index (κ1) is 17.8. The fraction of sp³-hybridized carbons (Fsp3) is 0.714. The van der Waals surface area contributed by atoms with E-state index in [0.29, 0.717) is 21.9 Å². The summed E-state index contributed by atoms with van der Waals surface area (Å²) in [6, 6.07) is 3.83. The number of anilines is 1. The van der Waals surface area contributed by atoms with Crippen molar-refractivity contribution in [2.75, 3.05) is 44.7 Å². The van der Waals surface area contributed by atoms with Crippen molar-refractivity contribution in [2.24, 2.45) is 16.2 Å². The highest BCUT2D eigenvalue weighted by atomic mass is 16.1. The maximum Gasteiger partial charge on any atom is 0.269 e. The van der Waals surface area contributed by atoms with E-state index in [1.165, 1.54) is 25.8 Å². The van der Waals surface area contributed by atoms with Gasteiger partial charge in [0.05, 0.1) is 11.9 Å². The molecule has 0 unspecified atom stereocenters. The highest BCUT2D eigenvalue weighted by molar-refractivity contribution is 5.92. The lowest BCUT2D eigenvalue weighted by Crippen LogP contribution is -2.70. The van der Waals surface area contributed by atoms with Crippen molar-refractivity contribution in [3.63, 3.8) is 0 Å². The highest BCUT2D eigenvalue weighted by Gasteiger charge is 2.71. The molecule has 2 bridgehead atoms. The molecule has 26 heavy (non-hydrogen) atoms. The van der Waals surface area contributed by atoms with Gasteiger partial charge in [-0.15, -0.1) is 0 Å². The van der Waals surface area contributed by atoms with Crippen LogP contribution >= 0.6 is 0 Å². The van der Waals surface area contributed by atoms with E-state index in [-0.39, 0.29) is 5.91 Å². The lowest BCUT2D eigenvalue weighted by Gasteiger charge is -2.76. The lowest BCUT2D eigenvalue weighted by atomic mass is 9.29. The summed E-state index contributed by atoms with van der Waals surface area (Å²) in [5.74, 6) is -0.132. The van der Waals surface area contributed by atoms with E-state index in [4.69, 9.17) is 0 Å². The van der Waals surface area contributed by atoms with Gasteiger partial charge in [0.1, 0.15) is 5.69 Å². The normalized spacial score (nSPS) is 31.2. The number of nitrogens with one attached hydrogen (secondary N) is 1. The van der Waals surface area contributed by atoms with Crippen molar-refractivity contribution in [3.8, 4) is 0 Å². The summed E-state index contributed by atoms with van der Waals surface area (Å²) >= 11 is 0. The Morgan fingerprint density at radius 1 is 1.15 bits per heavy atom. The van der Waals surface area contributed by atoms with Crippen LogP contribution in [0.1, 0.15) is 50.5 Å². The predicted octanol–water partition coefficient (Wildman–Crippen LogP) is 2.78. The standard InChI is InChI=1S/C21H32N4O/c1-19(2,3)21-12-20(13-21,14-21)15-24-7-9-25(10-8-24)16-5-6-17(23-11-16)18(26)22-4/h5-6,11H,7-10,12-15H2,1-4H3,(H,22,26). The van der Waals surface area contributed by atoms with Crippen LogP contribution in [0.25, 0.3) is 0 Å². The number of carbonyl (C=O) groups is 1. The topological polar surface area (TPSA) is 48.5 Å². The maximum atomic E-state index is 11.6. The number of amides is 1. The van der Waals surface area contributed by atoms with E-state index in [2.05, 4.69) is 40.9 Å². The first-order valence-corrected chi connectivity index (χ1v) is 9.91. The van der Waals surface area contributed by atoms with Crippen molar-refractivity contribution >= 4 is 11.6 Å². The Morgan fingerprint density at radius 2 is 1.81 bits per heavy atom. The van der Waals surface area contributed by atoms with E-state index >= 15 is 0 Å². The molecule has 0 radical (unpaired) electrons. The zero-order valence-corrected chi connectivity index (χ0v) is 16.6. The van der Waals surface area contributed by atoms with E-state index in [9.17, 15) is 4.79 Å². The maximum absolute atomic E-state index is 11.6. The van der Waals surface area contributed by atoms with Crippen LogP contribution in [0.4, 0.5) is 5.69 Å². The molecule has 5 heteroatoms. The molecular formula is C21H32N4O. The van der Waals surface area contributed by atoms with Crippen LogP contribution in [0.5, 0.6) is 0 Å². The van der Waals surface area contributed by atoms with Gasteiger partial charge >= 0.3 is 0 Å². The summed E-state index contributed by atoms with van der Waals surface area (Å²) in [4.78, 5) is 20.9. The zero-order valence-electron chi connectivity index (χ0n) is 16.6. The SMILES string of the molecule is CNC(=O)c1ccc(N2CCN(CC34CC(C(C)(C)C)(C3)C4)CC2)cn1. The van der Waals surface area contributed by atoms with Crippen molar-refractivity contribution in [2.45, 2.75) is 40.0 Å². The molecule has 3 aliphatic carbocycles. The summed E-state index contributed by atoms with van der Waals surface area (Å²) < 4.78 is 0. The quantitative estimate of drug-likeness (QED) is 0.901. The Hall–Kier alpha value is -1.62. The molecule has 1 N–H and O–H groups in total. The van der Waals surface area contributed by atoms with Gasteiger partial charge in [0.15, 0.2) is 0 Å². The van der Waals surface area contributed by atoms with Crippen molar-refractivity contribution in [3.05, 3.63) is 24.0 Å². The minimum atomic E-state index is -0.132. The second-order valence-electron chi connectivity index (χ2n) is 9.80. The molecule has 0 atom stereocenters. The monoisotopic (exact) mass is 356 g/mol. The molecule has 1 aromatic rings. The molecule has 4 aliphatic rings. The van der Waals surface area contributed by atoms with Crippen LogP contribution in [0.15, 0.2) is 18.3 Å². The first-order chi connectivity index (χ1) is 12.3. The van der Waals surface area contributed by atoms with Gasteiger partial charge in [-0.3, -0.25) is 9.69 Å². The molecule has 1 amide bonds. The lowest BCUT2D eigenvalue weighted by molar-refractivity contribution is -0.265. The minimum absolute atomic E-state index is 0.132. The van der Waals surface area contributed by atoms with Crippen molar-refractivity contribution in [1.82, 2.24) is 15.2 Å². The largest absolute Gasteiger partial charge is 0.368 e. The van der Waals surface area contributed by atoms with Crippen LogP contribution in [0.3, 0.4) is 0 Å². The molecule has 1 saturated heterocycles. The third-order valence-electron chi connectivity index (χ3n) is 7.24. The number of pyridine rings is 1. The molecule has 5 nitrogen and oxygen atoms in total. The van der Waals surface area contributed by atoms with Crippen LogP contribution in [-0.4, -0.2) is 55.6 Å². The average molecular weight is 357 g/mol. The summed E-state index contributed by atoms with van der Waals surface area (Å²) in [7, 11) is 1.63. The molecule has 4 fully saturated rings. The van der Waals surface area contributed by atoms with Gasteiger partial charge in [-0.05, 0) is 47.6 Å². The van der Waals surface area contributed by atoms with Crippen LogP contribution in [-0.2, 0) is 0 Å². The van der Waals surface area contributed by atoms with Gasteiger partial charge < -0.3 is 10.2 Å². The third kappa shape index (κ3) is 2.81. The number of carbonyl (C=O) groups excluding carboxylic acids is 1. The average Bonchev–Trinajstić information content (AvgIpc) is 2.55. The first-order valence-electron chi connectivity index (χ1n) is 9.91. The van der Waals surface area contributed by atoms with Crippen molar-refractivity contribution in [1.29, 1.82) is 0 Å². The Labute approximate surface area is 157 Å². The molecule has 142 valence electrons. The Morgan fingerprint density at radius 3 is 2.31 bits per heavy atom. The van der Waals surface area contributed by atoms with Crippen LogP contribution in [0, 0.1) is 16.2 Å². The summed E-state index contributed by atoms with van der Waals surface area (Å²) in [5.41, 5.74) is 3.35. The number of piperazine rings is 1. The van der Waals surface area contributed by atoms with Crippen LogP contribution in [0.2, 0.25) is 0 Å². The smallest absolute Gasteiger partial charge is 0.269 e. The van der Waals surface area contributed by atoms with Crippen LogP contribution < -0.4 is 10.2 Å². The molecule has 1 aromatic heterocycles. The van der Waals surface area contributed by atoms with Gasteiger partial charge in [-0.25, -0.2) is 4.98 Å². The molecule has 0 spiro atoms. The van der Waals surface area contributed by atoms with Gasteiger partial charge in [0.25, 0.3) is 5.91 Å². The molecule has 2 heterocycles. The number of nitrogens with zero attached hydrogens (tertiary/aromatic N) is 3. The minimum Gasteiger partial charge on any atom is -0.368 e. The van der Waals surface area contributed by atoms with Gasteiger partial charge in [0.2, 0.25) is 0 Å². The molecule has 5 rings (SSSR count). The molecule has 1 aliphatic heterocycles. The summed E-state index contributed by atoms with van der Waals surface area (Å²) in [5, 5.41) is 2.61. The fourth-order valence-corrected chi connectivity index (χ4v) is 5.44. The van der Waals surface area contributed by atoms with Gasteiger partial charge in [-0.1, -0.05) is 20.8 Å². The van der Waals surface area contributed by atoms with Crippen molar-refractivity contribution < 1.29 is 4.79 Å². The van der Waals surface area contributed by atoms with E-state index in [1.54, 1.807) is 7.05 Å². The zero-order chi connectivity index (χ0) is 18.6. The fourth-order valence-electron chi connectivity index (χ4n) is 5.44. The predicted molar refractivity (Wildman–Crippen MR) is 104 cm³/mol.